The molecule has 6 heteroatoms. The molecule has 36 heavy (non-hydrogen) atoms. The van der Waals surface area contributed by atoms with E-state index in [9.17, 15) is 9.59 Å². The van der Waals surface area contributed by atoms with Gasteiger partial charge in [0.1, 0.15) is 11.0 Å². The quantitative estimate of drug-likeness (QED) is 0.239. The van der Waals surface area contributed by atoms with E-state index in [1.165, 1.54) is 11.8 Å². The summed E-state index contributed by atoms with van der Waals surface area (Å²) in [5.74, 6) is 0.542. The van der Waals surface area contributed by atoms with Crippen LogP contribution in [0.4, 0.5) is 11.4 Å². The SMILES string of the molecule is CCOc1ccc(NC(=O)C(Sc2cccc(NC(=O)Cc3ccccc3)c2)c2ccccc2)cc1. The Morgan fingerprint density at radius 2 is 1.47 bits per heavy atom. The molecule has 0 aromatic heterocycles. The summed E-state index contributed by atoms with van der Waals surface area (Å²) in [6.07, 6.45) is 0.301. The molecule has 0 aliphatic rings. The van der Waals surface area contributed by atoms with Crippen LogP contribution in [0.25, 0.3) is 0 Å². The van der Waals surface area contributed by atoms with Crippen molar-refractivity contribution in [2.75, 3.05) is 17.2 Å². The van der Waals surface area contributed by atoms with Gasteiger partial charge in [0, 0.05) is 16.3 Å². The third-order valence-corrected chi connectivity index (χ3v) is 6.60. The summed E-state index contributed by atoms with van der Waals surface area (Å²) in [4.78, 5) is 26.8. The van der Waals surface area contributed by atoms with Gasteiger partial charge in [-0.25, -0.2) is 0 Å². The number of anilines is 2. The Bertz CT molecular complexity index is 1280. The van der Waals surface area contributed by atoms with E-state index in [-0.39, 0.29) is 11.8 Å². The van der Waals surface area contributed by atoms with Crippen molar-refractivity contribution in [2.45, 2.75) is 23.5 Å². The molecule has 0 bridgehead atoms. The van der Waals surface area contributed by atoms with Crippen molar-refractivity contribution < 1.29 is 14.3 Å². The molecule has 0 heterocycles. The molecule has 182 valence electrons. The van der Waals surface area contributed by atoms with Crippen molar-refractivity contribution in [1.29, 1.82) is 0 Å². The molecular formula is C30H28N2O3S. The number of nitrogens with one attached hydrogen (secondary N) is 2. The zero-order chi connectivity index (χ0) is 25.2. The highest BCUT2D eigenvalue weighted by Gasteiger charge is 2.22. The zero-order valence-electron chi connectivity index (χ0n) is 20.0. The van der Waals surface area contributed by atoms with Gasteiger partial charge in [-0.1, -0.05) is 66.7 Å². The third-order valence-electron chi connectivity index (χ3n) is 5.35. The van der Waals surface area contributed by atoms with E-state index in [1.54, 1.807) is 0 Å². The Kier molecular flexibility index (Phi) is 8.78. The zero-order valence-corrected chi connectivity index (χ0v) is 20.8. The van der Waals surface area contributed by atoms with E-state index < -0.39 is 5.25 Å². The molecule has 0 aliphatic carbocycles. The number of hydrogen-bond donors (Lipinski definition) is 2. The fourth-order valence-electron chi connectivity index (χ4n) is 3.68. The van der Waals surface area contributed by atoms with Crippen molar-refractivity contribution in [2.24, 2.45) is 0 Å². The van der Waals surface area contributed by atoms with Crippen molar-refractivity contribution >= 4 is 35.0 Å². The van der Waals surface area contributed by atoms with Crippen molar-refractivity contribution in [3.63, 3.8) is 0 Å². The van der Waals surface area contributed by atoms with E-state index in [0.717, 1.165) is 21.8 Å². The first kappa shape index (κ1) is 25.1. The van der Waals surface area contributed by atoms with Crippen LogP contribution in [0, 0.1) is 0 Å². The van der Waals surface area contributed by atoms with Gasteiger partial charge in [-0.05, 0) is 60.5 Å². The molecule has 4 rings (SSSR count). The molecule has 0 saturated carbocycles. The molecule has 4 aromatic rings. The van der Waals surface area contributed by atoms with Crippen LogP contribution < -0.4 is 15.4 Å². The van der Waals surface area contributed by atoms with Gasteiger partial charge in [-0.2, -0.15) is 0 Å². The van der Waals surface area contributed by atoms with Gasteiger partial charge in [-0.3, -0.25) is 9.59 Å². The van der Waals surface area contributed by atoms with Gasteiger partial charge in [0.05, 0.1) is 13.0 Å². The molecule has 1 unspecified atom stereocenters. The molecule has 2 amide bonds. The number of benzene rings is 4. The van der Waals surface area contributed by atoms with Gasteiger partial charge in [-0.15, -0.1) is 11.8 Å². The Morgan fingerprint density at radius 1 is 0.778 bits per heavy atom. The lowest BCUT2D eigenvalue weighted by Crippen LogP contribution is -2.19. The van der Waals surface area contributed by atoms with Gasteiger partial charge in [0.15, 0.2) is 0 Å². The van der Waals surface area contributed by atoms with Gasteiger partial charge < -0.3 is 15.4 Å². The molecule has 1 atom stereocenters. The minimum Gasteiger partial charge on any atom is -0.494 e. The molecular weight excluding hydrogens is 468 g/mol. The minimum atomic E-state index is -0.479. The lowest BCUT2D eigenvalue weighted by molar-refractivity contribution is -0.116. The number of carbonyl (C=O) groups excluding carboxylic acids is 2. The second-order valence-electron chi connectivity index (χ2n) is 8.09. The Balaban J connectivity index is 1.47. The van der Waals surface area contributed by atoms with Crippen LogP contribution in [-0.4, -0.2) is 18.4 Å². The number of ether oxygens (including phenoxy) is 1. The lowest BCUT2D eigenvalue weighted by atomic mass is 10.1. The number of carbonyl (C=O) groups is 2. The molecule has 5 nitrogen and oxygen atoms in total. The summed E-state index contributed by atoms with van der Waals surface area (Å²) >= 11 is 1.44. The van der Waals surface area contributed by atoms with Crippen molar-refractivity contribution in [1.82, 2.24) is 0 Å². The van der Waals surface area contributed by atoms with Crippen LogP contribution in [0.5, 0.6) is 5.75 Å². The molecule has 0 spiro atoms. The molecule has 0 saturated heterocycles. The maximum absolute atomic E-state index is 13.4. The summed E-state index contributed by atoms with van der Waals surface area (Å²) < 4.78 is 5.49. The first-order valence-corrected chi connectivity index (χ1v) is 12.7. The highest BCUT2D eigenvalue weighted by Crippen LogP contribution is 2.37. The lowest BCUT2D eigenvalue weighted by Gasteiger charge is -2.18. The molecule has 0 radical (unpaired) electrons. The molecule has 4 aromatic carbocycles. The number of rotatable bonds is 10. The first-order valence-electron chi connectivity index (χ1n) is 11.8. The van der Waals surface area contributed by atoms with E-state index >= 15 is 0 Å². The number of thioether (sulfide) groups is 1. The topological polar surface area (TPSA) is 67.4 Å². The van der Waals surface area contributed by atoms with Crippen LogP contribution in [0.3, 0.4) is 0 Å². The summed E-state index contributed by atoms with van der Waals surface area (Å²) in [7, 11) is 0. The highest BCUT2D eigenvalue weighted by molar-refractivity contribution is 8.00. The highest BCUT2D eigenvalue weighted by atomic mass is 32.2. The minimum absolute atomic E-state index is 0.0869. The standard InChI is InChI=1S/C30H28N2O3S/c1-2-35-26-18-16-24(17-19-26)32-30(34)29(23-12-7-4-8-13-23)36-27-15-9-14-25(21-27)31-28(33)20-22-10-5-3-6-11-22/h3-19,21,29H,2,20H2,1H3,(H,31,33)(H,32,34). The normalized spacial score (nSPS) is 11.4. The fraction of sp³-hybridized carbons (Fsp3) is 0.133. The van der Waals surface area contributed by atoms with Gasteiger partial charge >= 0.3 is 0 Å². The first-order chi connectivity index (χ1) is 17.6. The Labute approximate surface area is 215 Å². The second-order valence-corrected chi connectivity index (χ2v) is 9.27. The van der Waals surface area contributed by atoms with Crippen LogP contribution in [0.15, 0.2) is 114 Å². The average Bonchev–Trinajstić information content (AvgIpc) is 2.90. The predicted octanol–water partition coefficient (Wildman–Crippen LogP) is 6.74. The summed E-state index contributed by atoms with van der Waals surface area (Å²) in [5, 5.41) is 5.50. The summed E-state index contributed by atoms with van der Waals surface area (Å²) in [6, 6.07) is 34.2. The average molecular weight is 497 g/mol. The molecule has 2 N–H and O–H groups in total. The second kappa shape index (κ2) is 12.6. The molecule has 0 aliphatic heterocycles. The summed E-state index contributed by atoms with van der Waals surface area (Å²) in [5.41, 5.74) is 3.24. The molecule has 0 fully saturated rings. The summed E-state index contributed by atoms with van der Waals surface area (Å²) in [6.45, 7) is 2.52. The Hall–Kier alpha value is -4.03. The monoisotopic (exact) mass is 496 g/mol. The van der Waals surface area contributed by atoms with E-state index in [1.807, 2.05) is 116 Å². The van der Waals surface area contributed by atoms with Crippen molar-refractivity contribution in [3.8, 4) is 5.75 Å². The smallest absolute Gasteiger partial charge is 0.242 e. The van der Waals surface area contributed by atoms with Crippen LogP contribution >= 0.6 is 11.8 Å². The number of amides is 2. The van der Waals surface area contributed by atoms with Crippen LogP contribution in [0.2, 0.25) is 0 Å². The van der Waals surface area contributed by atoms with E-state index in [0.29, 0.717) is 24.4 Å². The maximum Gasteiger partial charge on any atom is 0.242 e. The Morgan fingerprint density at radius 3 is 2.17 bits per heavy atom. The third kappa shape index (κ3) is 7.23. The van der Waals surface area contributed by atoms with E-state index in [4.69, 9.17) is 4.74 Å². The largest absolute Gasteiger partial charge is 0.494 e. The van der Waals surface area contributed by atoms with Gasteiger partial charge in [0.25, 0.3) is 0 Å². The van der Waals surface area contributed by atoms with Crippen molar-refractivity contribution in [3.05, 3.63) is 120 Å². The van der Waals surface area contributed by atoms with E-state index in [2.05, 4.69) is 10.6 Å². The van der Waals surface area contributed by atoms with Gasteiger partial charge in [0.2, 0.25) is 11.8 Å². The predicted molar refractivity (Wildman–Crippen MR) is 146 cm³/mol. The van der Waals surface area contributed by atoms with Crippen LogP contribution in [0.1, 0.15) is 23.3 Å². The van der Waals surface area contributed by atoms with Crippen LogP contribution in [-0.2, 0) is 16.0 Å². The fourth-order valence-corrected chi connectivity index (χ4v) is 4.76. The number of hydrogen-bond acceptors (Lipinski definition) is 4. The maximum atomic E-state index is 13.4.